The highest BCUT2D eigenvalue weighted by molar-refractivity contribution is 8.00. The van der Waals surface area contributed by atoms with Crippen LogP contribution in [0.4, 0.5) is 0 Å². The van der Waals surface area contributed by atoms with Gasteiger partial charge in [-0.15, -0.1) is 11.8 Å². The van der Waals surface area contributed by atoms with Gasteiger partial charge in [0, 0.05) is 17.5 Å². The lowest BCUT2D eigenvalue weighted by Crippen LogP contribution is -2.50. The Kier molecular flexibility index (Phi) is 9.24. The lowest BCUT2D eigenvalue weighted by molar-refractivity contribution is -0.138. The molecular weight excluding hydrogens is 396 g/mol. The number of nitrogens with one attached hydrogen (secondary N) is 1. The lowest BCUT2D eigenvalue weighted by Gasteiger charge is -2.29. The van der Waals surface area contributed by atoms with Gasteiger partial charge in [0.15, 0.2) is 0 Å². The Labute approximate surface area is 184 Å². The van der Waals surface area contributed by atoms with Gasteiger partial charge >= 0.3 is 0 Å². The molecule has 0 bridgehead atoms. The summed E-state index contributed by atoms with van der Waals surface area (Å²) in [7, 11) is 1.61. The van der Waals surface area contributed by atoms with E-state index in [1.807, 2.05) is 69.3 Å². The highest BCUT2D eigenvalue weighted by Crippen LogP contribution is 2.21. The molecular formula is C24H32N2O3S. The molecule has 1 N–H and O–H groups in total. The van der Waals surface area contributed by atoms with Crippen LogP contribution in [0, 0.1) is 6.92 Å². The molecule has 2 aromatic rings. The Hall–Kier alpha value is -2.47. The Morgan fingerprint density at radius 2 is 1.83 bits per heavy atom. The van der Waals surface area contributed by atoms with Crippen molar-refractivity contribution in [3.63, 3.8) is 0 Å². The van der Waals surface area contributed by atoms with Crippen LogP contribution in [0.2, 0.25) is 0 Å². The molecule has 0 radical (unpaired) electrons. The average molecular weight is 429 g/mol. The van der Waals surface area contributed by atoms with Crippen LogP contribution in [0.15, 0.2) is 53.4 Å². The second-order valence-corrected chi connectivity index (χ2v) is 8.52. The van der Waals surface area contributed by atoms with Crippen molar-refractivity contribution < 1.29 is 14.3 Å². The maximum atomic E-state index is 13.1. The largest absolute Gasteiger partial charge is 0.497 e. The van der Waals surface area contributed by atoms with Crippen molar-refractivity contribution in [3.05, 3.63) is 59.7 Å². The third-order valence-electron chi connectivity index (χ3n) is 5.04. The molecule has 0 aliphatic heterocycles. The van der Waals surface area contributed by atoms with Crippen molar-refractivity contribution in [1.29, 1.82) is 0 Å². The molecule has 0 aliphatic carbocycles. The van der Waals surface area contributed by atoms with Gasteiger partial charge in [0.2, 0.25) is 11.8 Å². The number of benzene rings is 2. The first-order chi connectivity index (χ1) is 14.3. The molecule has 0 saturated heterocycles. The van der Waals surface area contributed by atoms with E-state index in [2.05, 4.69) is 5.32 Å². The molecule has 162 valence electrons. The molecule has 0 fully saturated rings. The lowest BCUT2D eigenvalue weighted by atomic mass is 10.1. The third kappa shape index (κ3) is 7.10. The smallest absolute Gasteiger partial charge is 0.242 e. The van der Waals surface area contributed by atoms with Crippen molar-refractivity contribution in [2.45, 2.75) is 57.6 Å². The maximum absolute atomic E-state index is 13.1. The van der Waals surface area contributed by atoms with Gasteiger partial charge in [-0.25, -0.2) is 0 Å². The second-order valence-electron chi connectivity index (χ2n) is 7.47. The third-order valence-corrected chi connectivity index (χ3v) is 6.04. The van der Waals surface area contributed by atoms with Crippen molar-refractivity contribution in [3.8, 4) is 5.75 Å². The van der Waals surface area contributed by atoms with Gasteiger partial charge in [-0.2, -0.15) is 0 Å². The molecule has 0 heterocycles. The zero-order chi connectivity index (χ0) is 22.1. The zero-order valence-electron chi connectivity index (χ0n) is 18.5. The van der Waals surface area contributed by atoms with Gasteiger partial charge in [-0.05, 0) is 57.0 Å². The molecule has 2 rings (SSSR count). The van der Waals surface area contributed by atoms with Crippen LogP contribution >= 0.6 is 11.8 Å². The van der Waals surface area contributed by atoms with Crippen molar-refractivity contribution in [2.75, 3.05) is 12.9 Å². The van der Waals surface area contributed by atoms with E-state index in [-0.39, 0.29) is 23.6 Å². The van der Waals surface area contributed by atoms with Crippen LogP contribution in [0.1, 0.15) is 38.3 Å². The van der Waals surface area contributed by atoms with Crippen molar-refractivity contribution in [1.82, 2.24) is 10.2 Å². The molecule has 2 amide bonds. The van der Waals surface area contributed by atoms with Crippen LogP contribution < -0.4 is 10.1 Å². The molecule has 0 aromatic heterocycles. The fourth-order valence-corrected chi connectivity index (χ4v) is 3.66. The Bertz CT molecular complexity index is 839. The summed E-state index contributed by atoms with van der Waals surface area (Å²) < 4.78 is 5.30. The van der Waals surface area contributed by atoms with Gasteiger partial charge in [0.1, 0.15) is 11.8 Å². The molecule has 0 saturated carbocycles. The minimum absolute atomic E-state index is 0.0654. The number of methoxy groups -OCH3 is 1. The second kappa shape index (κ2) is 11.6. The van der Waals surface area contributed by atoms with E-state index in [0.29, 0.717) is 6.54 Å². The van der Waals surface area contributed by atoms with Crippen LogP contribution in [0.3, 0.4) is 0 Å². The van der Waals surface area contributed by atoms with Crippen LogP contribution in [-0.4, -0.2) is 41.7 Å². The van der Waals surface area contributed by atoms with Gasteiger partial charge in [0.25, 0.3) is 0 Å². The van der Waals surface area contributed by atoms with Gasteiger partial charge < -0.3 is 15.0 Å². The number of hydrogen-bond acceptors (Lipinski definition) is 4. The standard InChI is InChI=1S/C24H32N2O3S/c1-6-18(3)25-24(28)19(4)26(15-20-8-7-9-21(14-20)29-5)23(27)16-30-22-12-10-17(2)11-13-22/h7-14,18-19H,6,15-16H2,1-5H3,(H,25,28)/t18-,19+/m1/s1. The number of thioether (sulfide) groups is 1. The first-order valence-corrected chi connectivity index (χ1v) is 11.2. The van der Waals surface area contributed by atoms with Crippen molar-refractivity contribution in [2.24, 2.45) is 0 Å². The van der Waals surface area contributed by atoms with Crippen LogP contribution in [0.25, 0.3) is 0 Å². The summed E-state index contributed by atoms with van der Waals surface area (Å²) in [5, 5.41) is 2.99. The Morgan fingerprint density at radius 1 is 1.13 bits per heavy atom. The predicted molar refractivity (Wildman–Crippen MR) is 123 cm³/mol. The van der Waals surface area contributed by atoms with E-state index in [0.717, 1.165) is 22.6 Å². The monoisotopic (exact) mass is 428 g/mol. The van der Waals surface area contributed by atoms with Crippen molar-refractivity contribution >= 4 is 23.6 Å². The molecule has 30 heavy (non-hydrogen) atoms. The summed E-state index contributed by atoms with van der Waals surface area (Å²) in [6.07, 6.45) is 0.839. The van der Waals surface area contributed by atoms with E-state index in [1.54, 1.807) is 18.9 Å². The van der Waals surface area contributed by atoms with E-state index >= 15 is 0 Å². The number of amides is 2. The SMILES string of the molecule is CC[C@@H](C)NC(=O)[C@H](C)N(Cc1cccc(OC)c1)C(=O)CSc1ccc(C)cc1. The number of aryl methyl sites for hydroxylation is 1. The first kappa shape index (κ1) is 23.8. The Balaban J connectivity index is 2.16. The molecule has 0 unspecified atom stereocenters. The van der Waals surface area contributed by atoms with E-state index in [1.165, 1.54) is 17.3 Å². The quantitative estimate of drug-likeness (QED) is 0.569. The van der Waals surface area contributed by atoms with Gasteiger partial charge in [0.05, 0.1) is 12.9 Å². The number of ether oxygens (including phenoxy) is 1. The van der Waals surface area contributed by atoms with Crippen LogP contribution in [0.5, 0.6) is 5.75 Å². The van der Waals surface area contributed by atoms with Gasteiger partial charge in [-0.3, -0.25) is 9.59 Å². The number of rotatable bonds is 10. The maximum Gasteiger partial charge on any atom is 0.242 e. The summed E-state index contributed by atoms with van der Waals surface area (Å²) in [5.74, 6) is 0.787. The number of carbonyl (C=O) groups excluding carboxylic acids is 2. The first-order valence-electron chi connectivity index (χ1n) is 10.3. The van der Waals surface area contributed by atoms with E-state index < -0.39 is 6.04 Å². The van der Waals surface area contributed by atoms with Crippen LogP contribution in [-0.2, 0) is 16.1 Å². The molecule has 6 heteroatoms. The van der Waals surface area contributed by atoms with Gasteiger partial charge in [-0.1, -0.05) is 36.8 Å². The average Bonchev–Trinajstić information content (AvgIpc) is 2.76. The number of hydrogen-bond donors (Lipinski definition) is 1. The molecule has 5 nitrogen and oxygen atoms in total. The molecule has 2 aromatic carbocycles. The summed E-state index contributed by atoms with van der Waals surface area (Å²) >= 11 is 1.48. The fourth-order valence-electron chi connectivity index (χ4n) is 2.88. The minimum Gasteiger partial charge on any atom is -0.497 e. The minimum atomic E-state index is -0.573. The fraction of sp³-hybridized carbons (Fsp3) is 0.417. The summed E-state index contributed by atoms with van der Waals surface area (Å²) in [6, 6.07) is 15.2. The summed E-state index contributed by atoms with van der Waals surface area (Å²) in [4.78, 5) is 28.6. The number of nitrogens with zero attached hydrogens (tertiary/aromatic N) is 1. The topological polar surface area (TPSA) is 58.6 Å². The molecule has 0 spiro atoms. The predicted octanol–water partition coefficient (Wildman–Crippen LogP) is 4.43. The van der Waals surface area contributed by atoms with E-state index in [9.17, 15) is 9.59 Å². The zero-order valence-corrected chi connectivity index (χ0v) is 19.3. The highest BCUT2D eigenvalue weighted by atomic mass is 32.2. The molecule has 0 aliphatic rings. The summed E-state index contributed by atoms with van der Waals surface area (Å²) in [5.41, 5.74) is 2.10. The Morgan fingerprint density at radius 3 is 2.47 bits per heavy atom. The number of carbonyl (C=O) groups is 2. The highest BCUT2D eigenvalue weighted by Gasteiger charge is 2.26. The molecule has 2 atom stereocenters. The summed E-state index contributed by atoms with van der Waals surface area (Å²) in [6.45, 7) is 8.15. The van der Waals surface area contributed by atoms with E-state index in [4.69, 9.17) is 4.74 Å². The normalized spacial score (nSPS) is 12.7.